The summed E-state index contributed by atoms with van der Waals surface area (Å²) >= 11 is 0. The lowest BCUT2D eigenvalue weighted by molar-refractivity contribution is -0.108. The van der Waals surface area contributed by atoms with E-state index in [2.05, 4.69) is 65.7 Å². The first-order valence-electron chi connectivity index (χ1n) is 6.45. The molecule has 1 saturated heterocycles. The van der Waals surface area contributed by atoms with Crippen LogP contribution in [0.4, 0.5) is 0 Å². The van der Waals surface area contributed by atoms with Crippen molar-refractivity contribution in [2.75, 3.05) is 13.1 Å². The highest BCUT2D eigenvalue weighted by atomic mass is 28.3. The van der Waals surface area contributed by atoms with Crippen LogP contribution in [0.3, 0.4) is 0 Å². The first-order chi connectivity index (χ1) is 8.93. The van der Waals surface area contributed by atoms with Crippen molar-refractivity contribution in [2.24, 2.45) is 0 Å². The minimum Gasteiger partial charge on any atom is -0.335 e. The molecule has 1 fully saturated rings. The monoisotopic (exact) mass is 255 g/mol. The van der Waals surface area contributed by atoms with Crippen LogP contribution in [-0.4, -0.2) is 27.2 Å². The molecular weight excluding hydrogens is 238 g/mol. The van der Waals surface area contributed by atoms with Gasteiger partial charge in [-0.15, -0.1) is 0 Å². The van der Waals surface area contributed by atoms with Gasteiger partial charge in [0.05, 0.1) is 0 Å². The Morgan fingerprint density at radius 3 is 1.67 bits per heavy atom. The van der Waals surface area contributed by atoms with E-state index in [1.807, 2.05) is 0 Å². The fourth-order valence-corrected chi connectivity index (χ4v) is 4.39. The van der Waals surface area contributed by atoms with Crippen LogP contribution in [0.1, 0.15) is 6.42 Å². The summed E-state index contributed by atoms with van der Waals surface area (Å²) in [7, 11) is -1.55. The van der Waals surface area contributed by atoms with E-state index in [1.165, 1.54) is 16.8 Å². The number of nitrogens with zero attached hydrogens (tertiary/aromatic N) is 1. The number of benzene rings is 2. The molecule has 1 aliphatic rings. The first-order valence-corrected chi connectivity index (χ1v) is 8.08. The van der Waals surface area contributed by atoms with Crippen LogP contribution >= 0.6 is 0 Å². The SMILES string of the molecule is c1ccc([SiH](ON2CCC2)c2ccccc2)cc1. The first kappa shape index (κ1) is 11.7. The molecule has 2 aromatic carbocycles. The van der Waals surface area contributed by atoms with E-state index in [-0.39, 0.29) is 0 Å². The third-order valence-corrected chi connectivity index (χ3v) is 5.76. The molecule has 3 heteroatoms. The third-order valence-electron chi connectivity index (χ3n) is 3.27. The van der Waals surface area contributed by atoms with E-state index < -0.39 is 9.04 Å². The van der Waals surface area contributed by atoms with Gasteiger partial charge in [-0.3, -0.25) is 0 Å². The predicted octanol–water partition coefficient (Wildman–Crippen LogP) is 1.16. The van der Waals surface area contributed by atoms with Gasteiger partial charge in [-0.25, -0.2) is 5.06 Å². The van der Waals surface area contributed by atoms with Crippen LogP contribution in [0, 0.1) is 0 Å². The third kappa shape index (κ3) is 2.53. The summed E-state index contributed by atoms with van der Waals surface area (Å²) in [6.45, 7) is 2.15. The number of hydrogen-bond donors (Lipinski definition) is 0. The number of rotatable bonds is 4. The maximum Gasteiger partial charge on any atom is 0.267 e. The van der Waals surface area contributed by atoms with E-state index >= 15 is 0 Å². The molecule has 0 aromatic heterocycles. The number of hydroxylamine groups is 2. The molecule has 1 heterocycles. The maximum absolute atomic E-state index is 6.23. The molecule has 18 heavy (non-hydrogen) atoms. The molecule has 0 saturated carbocycles. The smallest absolute Gasteiger partial charge is 0.267 e. The summed E-state index contributed by atoms with van der Waals surface area (Å²) in [4.78, 5) is 0. The van der Waals surface area contributed by atoms with E-state index in [1.54, 1.807) is 0 Å². The van der Waals surface area contributed by atoms with Crippen molar-refractivity contribution in [2.45, 2.75) is 6.42 Å². The van der Waals surface area contributed by atoms with Gasteiger partial charge in [0.1, 0.15) is 0 Å². The van der Waals surface area contributed by atoms with Crippen molar-refractivity contribution in [3.63, 3.8) is 0 Å². The maximum atomic E-state index is 6.23. The molecule has 0 spiro atoms. The van der Waals surface area contributed by atoms with Crippen molar-refractivity contribution >= 4 is 19.4 Å². The molecule has 1 aliphatic heterocycles. The highest BCUT2D eigenvalue weighted by Gasteiger charge is 2.24. The second-order valence-electron chi connectivity index (χ2n) is 4.59. The highest BCUT2D eigenvalue weighted by molar-refractivity contribution is 6.79. The normalized spacial score (nSPS) is 15.6. The van der Waals surface area contributed by atoms with Crippen LogP contribution in [0.25, 0.3) is 0 Å². The van der Waals surface area contributed by atoms with Gasteiger partial charge in [0.15, 0.2) is 0 Å². The van der Waals surface area contributed by atoms with Gasteiger partial charge in [0, 0.05) is 13.1 Å². The van der Waals surface area contributed by atoms with Crippen molar-refractivity contribution in [3.8, 4) is 0 Å². The Morgan fingerprint density at radius 1 is 0.778 bits per heavy atom. The minimum atomic E-state index is -1.55. The van der Waals surface area contributed by atoms with E-state index in [4.69, 9.17) is 4.53 Å². The Morgan fingerprint density at radius 2 is 1.28 bits per heavy atom. The van der Waals surface area contributed by atoms with Gasteiger partial charge >= 0.3 is 0 Å². The van der Waals surface area contributed by atoms with Crippen LogP contribution in [0.15, 0.2) is 60.7 Å². The zero-order chi connectivity index (χ0) is 12.2. The lowest BCUT2D eigenvalue weighted by Crippen LogP contribution is -2.52. The summed E-state index contributed by atoms with van der Waals surface area (Å²) in [5, 5.41) is 4.79. The zero-order valence-electron chi connectivity index (χ0n) is 10.3. The van der Waals surface area contributed by atoms with Crippen LogP contribution in [-0.2, 0) is 4.53 Å². The Bertz CT molecular complexity index is 445. The Kier molecular flexibility index (Phi) is 3.55. The Labute approximate surface area is 110 Å². The minimum absolute atomic E-state index is 1.07. The molecule has 0 N–H and O–H groups in total. The van der Waals surface area contributed by atoms with Gasteiger partial charge in [-0.2, -0.15) is 0 Å². The molecule has 92 valence electrons. The van der Waals surface area contributed by atoms with Gasteiger partial charge in [-0.1, -0.05) is 60.7 Å². The van der Waals surface area contributed by atoms with E-state index in [9.17, 15) is 0 Å². The Balaban J connectivity index is 1.88. The molecule has 0 atom stereocenters. The molecule has 0 amide bonds. The van der Waals surface area contributed by atoms with Crippen LogP contribution in [0.2, 0.25) is 0 Å². The Hall–Kier alpha value is -1.42. The fraction of sp³-hybridized carbons (Fsp3) is 0.200. The molecule has 3 rings (SSSR count). The molecule has 0 radical (unpaired) electrons. The lowest BCUT2D eigenvalue weighted by atomic mass is 10.3. The molecule has 0 unspecified atom stereocenters. The predicted molar refractivity (Wildman–Crippen MR) is 76.6 cm³/mol. The van der Waals surface area contributed by atoms with Crippen molar-refractivity contribution in [3.05, 3.63) is 60.7 Å². The van der Waals surface area contributed by atoms with E-state index in [0.717, 1.165) is 13.1 Å². The quantitative estimate of drug-likeness (QED) is 0.760. The second-order valence-corrected chi connectivity index (χ2v) is 6.89. The molecular formula is C15H17NOSi. The lowest BCUT2D eigenvalue weighted by Gasteiger charge is -2.33. The van der Waals surface area contributed by atoms with Gasteiger partial charge in [0.25, 0.3) is 9.04 Å². The van der Waals surface area contributed by atoms with E-state index in [0.29, 0.717) is 0 Å². The van der Waals surface area contributed by atoms with Crippen molar-refractivity contribution in [1.29, 1.82) is 0 Å². The van der Waals surface area contributed by atoms with Crippen LogP contribution in [0.5, 0.6) is 0 Å². The van der Waals surface area contributed by atoms with Crippen molar-refractivity contribution < 1.29 is 4.53 Å². The summed E-state index contributed by atoms with van der Waals surface area (Å²) in [6.07, 6.45) is 1.25. The summed E-state index contributed by atoms with van der Waals surface area (Å²) < 4.78 is 6.23. The summed E-state index contributed by atoms with van der Waals surface area (Å²) in [5.41, 5.74) is 0. The average molecular weight is 255 g/mol. The molecule has 0 aliphatic carbocycles. The van der Waals surface area contributed by atoms with Gasteiger partial charge in [-0.05, 0) is 16.8 Å². The number of hydrogen-bond acceptors (Lipinski definition) is 2. The van der Waals surface area contributed by atoms with Crippen LogP contribution < -0.4 is 10.4 Å². The van der Waals surface area contributed by atoms with Gasteiger partial charge in [0.2, 0.25) is 0 Å². The standard InChI is InChI=1S/C15H17NOSi/c1-3-8-14(9-4-1)18(17-16-12-7-13-16)15-10-5-2-6-11-15/h1-6,8-11,18H,7,12-13H2. The second kappa shape index (κ2) is 5.48. The largest absolute Gasteiger partial charge is 0.335 e. The summed E-state index contributed by atoms with van der Waals surface area (Å²) in [6, 6.07) is 21.2. The summed E-state index contributed by atoms with van der Waals surface area (Å²) in [5.74, 6) is 0. The molecule has 2 nitrogen and oxygen atoms in total. The van der Waals surface area contributed by atoms with Crippen molar-refractivity contribution in [1.82, 2.24) is 5.06 Å². The molecule has 0 bridgehead atoms. The molecule has 2 aromatic rings. The average Bonchev–Trinajstić information content (AvgIpc) is 2.40. The topological polar surface area (TPSA) is 12.5 Å². The zero-order valence-corrected chi connectivity index (χ0v) is 11.5. The van der Waals surface area contributed by atoms with Gasteiger partial charge < -0.3 is 4.53 Å². The highest BCUT2D eigenvalue weighted by Crippen LogP contribution is 2.08. The fourth-order valence-electron chi connectivity index (χ4n) is 2.11.